The average molecular weight is 341 g/mol. The van der Waals surface area contributed by atoms with Crippen LogP contribution in [0, 0.1) is 24.7 Å². The van der Waals surface area contributed by atoms with Gasteiger partial charge in [0, 0.05) is 5.69 Å². The van der Waals surface area contributed by atoms with Crippen molar-refractivity contribution in [2.75, 3.05) is 18.1 Å². The van der Waals surface area contributed by atoms with E-state index in [2.05, 4.69) is 0 Å². The molecule has 5 nitrogen and oxygen atoms in total. The molecule has 25 heavy (non-hydrogen) atoms. The van der Waals surface area contributed by atoms with E-state index in [9.17, 15) is 9.59 Å². The summed E-state index contributed by atoms with van der Waals surface area (Å²) in [5.41, 5.74) is 1.24. The number of hydrogen-bond donors (Lipinski definition) is 0. The molecule has 5 heteroatoms. The number of nitrogens with zero attached hydrogens (tertiary/aromatic N) is 1. The molecular weight excluding hydrogens is 318 g/mol. The SMILES string of the molecule is Cc1cccc(N2C[C@@]34C=C[C@@H](O3)[C@H](C(=O)OCC(C)C)[C@H]4C2=O)c1. The molecule has 2 fully saturated rings. The van der Waals surface area contributed by atoms with Crippen LogP contribution in [0.2, 0.25) is 0 Å². The van der Waals surface area contributed by atoms with Crippen LogP contribution in [0.1, 0.15) is 19.4 Å². The first-order chi connectivity index (χ1) is 11.9. The summed E-state index contributed by atoms with van der Waals surface area (Å²) in [4.78, 5) is 27.5. The Morgan fingerprint density at radius 1 is 1.44 bits per heavy atom. The van der Waals surface area contributed by atoms with Crippen LogP contribution < -0.4 is 4.90 Å². The van der Waals surface area contributed by atoms with Crippen molar-refractivity contribution in [2.24, 2.45) is 17.8 Å². The molecule has 0 radical (unpaired) electrons. The Morgan fingerprint density at radius 2 is 2.24 bits per heavy atom. The highest BCUT2D eigenvalue weighted by molar-refractivity contribution is 6.02. The predicted octanol–water partition coefficient (Wildman–Crippen LogP) is 2.48. The van der Waals surface area contributed by atoms with Gasteiger partial charge in [0.25, 0.3) is 0 Å². The van der Waals surface area contributed by atoms with E-state index in [0.717, 1.165) is 11.3 Å². The van der Waals surface area contributed by atoms with E-state index >= 15 is 0 Å². The van der Waals surface area contributed by atoms with Gasteiger partial charge in [-0.3, -0.25) is 9.59 Å². The number of ether oxygens (including phenoxy) is 2. The van der Waals surface area contributed by atoms with Gasteiger partial charge < -0.3 is 14.4 Å². The molecule has 0 N–H and O–H groups in total. The molecule has 0 saturated carbocycles. The fourth-order valence-corrected chi connectivity index (χ4v) is 4.13. The largest absolute Gasteiger partial charge is 0.465 e. The highest BCUT2D eigenvalue weighted by Gasteiger charge is 2.67. The highest BCUT2D eigenvalue weighted by Crippen LogP contribution is 2.52. The third-order valence-corrected chi connectivity index (χ3v) is 5.24. The summed E-state index contributed by atoms with van der Waals surface area (Å²) in [6, 6.07) is 7.84. The number of amides is 1. The summed E-state index contributed by atoms with van der Waals surface area (Å²) >= 11 is 0. The Morgan fingerprint density at radius 3 is 2.96 bits per heavy atom. The minimum absolute atomic E-state index is 0.0519. The Labute approximate surface area is 147 Å². The zero-order valence-electron chi connectivity index (χ0n) is 14.8. The van der Waals surface area contributed by atoms with Gasteiger partial charge >= 0.3 is 5.97 Å². The Bertz CT molecular complexity index is 756. The van der Waals surface area contributed by atoms with Gasteiger partial charge in [-0.15, -0.1) is 0 Å². The van der Waals surface area contributed by atoms with E-state index in [0.29, 0.717) is 13.2 Å². The second-order valence-corrected chi connectivity index (χ2v) is 7.69. The fraction of sp³-hybridized carbons (Fsp3) is 0.500. The molecule has 0 aromatic heterocycles. The number of benzene rings is 1. The Hall–Kier alpha value is -2.14. The van der Waals surface area contributed by atoms with Crippen molar-refractivity contribution >= 4 is 17.6 Å². The second-order valence-electron chi connectivity index (χ2n) is 7.69. The standard InChI is InChI=1S/C20H23NO4/c1-12(2)10-24-19(23)16-15-7-8-20(25-15)11-21(18(22)17(16)20)14-6-4-5-13(3)9-14/h4-9,12,15-17H,10-11H2,1-3H3/t15-,16+,17+,20-/m1/s1. The number of hydrogen-bond acceptors (Lipinski definition) is 4. The molecule has 1 amide bonds. The van der Waals surface area contributed by atoms with Crippen molar-refractivity contribution < 1.29 is 19.1 Å². The Balaban J connectivity index is 1.62. The van der Waals surface area contributed by atoms with Gasteiger partial charge in [0.1, 0.15) is 11.5 Å². The van der Waals surface area contributed by atoms with Crippen LogP contribution in [-0.4, -0.2) is 36.7 Å². The number of anilines is 1. The molecule has 0 aliphatic carbocycles. The number of rotatable bonds is 4. The molecule has 4 rings (SSSR count). The van der Waals surface area contributed by atoms with Gasteiger partial charge in [0.2, 0.25) is 5.91 Å². The highest BCUT2D eigenvalue weighted by atomic mass is 16.6. The minimum Gasteiger partial charge on any atom is -0.465 e. The van der Waals surface area contributed by atoms with Gasteiger partial charge in [-0.1, -0.05) is 38.1 Å². The number of fused-ring (bicyclic) bond motifs is 1. The average Bonchev–Trinajstić information content (AvgIpc) is 3.21. The van der Waals surface area contributed by atoms with Gasteiger partial charge in [0.05, 0.1) is 25.2 Å². The summed E-state index contributed by atoms with van der Waals surface area (Å²) in [5, 5.41) is 0. The van der Waals surface area contributed by atoms with Crippen molar-refractivity contribution in [1.29, 1.82) is 0 Å². The number of carbonyl (C=O) groups excluding carboxylic acids is 2. The van der Waals surface area contributed by atoms with Crippen LogP contribution in [0.5, 0.6) is 0 Å². The molecule has 3 aliphatic heterocycles. The lowest BCUT2D eigenvalue weighted by Gasteiger charge is -2.23. The molecule has 1 spiro atoms. The lowest BCUT2D eigenvalue weighted by Crippen LogP contribution is -2.40. The first-order valence-corrected chi connectivity index (χ1v) is 8.83. The second kappa shape index (κ2) is 5.70. The third-order valence-electron chi connectivity index (χ3n) is 5.24. The monoisotopic (exact) mass is 341 g/mol. The maximum atomic E-state index is 13.1. The molecule has 3 heterocycles. The molecule has 132 valence electrons. The summed E-state index contributed by atoms with van der Waals surface area (Å²) in [6.07, 6.45) is 3.51. The van der Waals surface area contributed by atoms with E-state index in [4.69, 9.17) is 9.47 Å². The van der Waals surface area contributed by atoms with E-state index in [1.807, 2.05) is 57.2 Å². The minimum atomic E-state index is -0.701. The zero-order valence-corrected chi connectivity index (χ0v) is 14.8. The van der Waals surface area contributed by atoms with E-state index in [-0.39, 0.29) is 23.9 Å². The number of esters is 1. The smallest absolute Gasteiger partial charge is 0.312 e. The van der Waals surface area contributed by atoms with Gasteiger partial charge in [-0.2, -0.15) is 0 Å². The third kappa shape index (κ3) is 2.49. The van der Waals surface area contributed by atoms with Gasteiger partial charge in [-0.25, -0.2) is 0 Å². The topological polar surface area (TPSA) is 55.8 Å². The summed E-state index contributed by atoms with van der Waals surface area (Å²) in [5.74, 6) is -1.16. The lowest BCUT2D eigenvalue weighted by atomic mass is 9.77. The van der Waals surface area contributed by atoms with Crippen molar-refractivity contribution in [2.45, 2.75) is 32.5 Å². The predicted molar refractivity (Wildman–Crippen MR) is 93.1 cm³/mol. The summed E-state index contributed by atoms with van der Waals surface area (Å²) in [7, 11) is 0. The fourth-order valence-electron chi connectivity index (χ4n) is 4.13. The first kappa shape index (κ1) is 16.3. The van der Waals surface area contributed by atoms with Crippen molar-refractivity contribution in [1.82, 2.24) is 0 Å². The van der Waals surface area contributed by atoms with Crippen LogP contribution in [-0.2, 0) is 19.1 Å². The summed E-state index contributed by atoms with van der Waals surface area (Å²) < 4.78 is 11.5. The molecule has 1 aromatic carbocycles. The van der Waals surface area contributed by atoms with Gasteiger partial charge in [0.15, 0.2) is 0 Å². The normalized spacial score (nSPS) is 32.6. The quantitative estimate of drug-likeness (QED) is 0.624. The zero-order chi connectivity index (χ0) is 17.8. The molecule has 2 saturated heterocycles. The van der Waals surface area contributed by atoms with Gasteiger partial charge in [-0.05, 0) is 30.5 Å². The van der Waals surface area contributed by atoms with E-state index in [1.54, 1.807) is 4.90 Å². The van der Waals surface area contributed by atoms with Crippen LogP contribution in [0.3, 0.4) is 0 Å². The molecule has 4 atom stereocenters. The van der Waals surface area contributed by atoms with E-state index < -0.39 is 17.4 Å². The van der Waals surface area contributed by atoms with Crippen molar-refractivity contribution in [3.63, 3.8) is 0 Å². The maximum Gasteiger partial charge on any atom is 0.312 e. The van der Waals surface area contributed by atoms with Crippen molar-refractivity contribution in [3.8, 4) is 0 Å². The first-order valence-electron chi connectivity index (χ1n) is 8.83. The number of aryl methyl sites for hydroxylation is 1. The molecule has 2 bridgehead atoms. The molecule has 0 unspecified atom stereocenters. The van der Waals surface area contributed by atoms with Crippen LogP contribution in [0.25, 0.3) is 0 Å². The molecular formula is C20H23NO4. The molecule has 3 aliphatic rings. The lowest BCUT2D eigenvalue weighted by molar-refractivity contribution is -0.153. The van der Waals surface area contributed by atoms with Crippen LogP contribution in [0.15, 0.2) is 36.4 Å². The van der Waals surface area contributed by atoms with E-state index in [1.165, 1.54) is 0 Å². The maximum absolute atomic E-state index is 13.1. The van der Waals surface area contributed by atoms with Crippen molar-refractivity contribution in [3.05, 3.63) is 42.0 Å². The van der Waals surface area contributed by atoms with Crippen LogP contribution >= 0.6 is 0 Å². The molecule has 1 aromatic rings. The summed E-state index contributed by atoms with van der Waals surface area (Å²) in [6.45, 7) is 6.79. The Kier molecular flexibility index (Phi) is 3.72. The number of carbonyl (C=O) groups is 2. The van der Waals surface area contributed by atoms with Crippen LogP contribution in [0.4, 0.5) is 5.69 Å².